The number of sulfonamides is 1. The number of carboxylic acid groups (broad SMARTS) is 1. The van der Waals surface area contributed by atoms with E-state index in [0.717, 1.165) is 18.2 Å². The molecule has 0 saturated heterocycles. The molecular weight excluding hydrogens is 325 g/mol. The number of hydrogen-bond acceptors (Lipinski definition) is 4. The topological polar surface area (TPSA) is 92.7 Å². The lowest BCUT2D eigenvalue weighted by molar-refractivity contribution is 0.0697. The van der Waals surface area contributed by atoms with E-state index in [1.165, 1.54) is 25.3 Å². The number of methoxy groups -OCH3 is 1. The van der Waals surface area contributed by atoms with Gasteiger partial charge in [0.15, 0.2) is 0 Å². The van der Waals surface area contributed by atoms with Crippen molar-refractivity contribution in [1.82, 2.24) is 0 Å². The lowest BCUT2D eigenvalue weighted by Crippen LogP contribution is -2.16. The Morgan fingerprint density at radius 3 is 2.48 bits per heavy atom. The third kappa shape index (κ3) is 3.59. The van der Waals surface area contributed by atoms with Crippen molar-refractivity contribution in [3.05, 3.63) is 53.3 Å². The summed E-state index contributed by atoms with van der Waals surface area (Å²) in [6.07, 6.45) is 0. The highest BCUT2D eigenvalue weighted by molar-refractivity contribution is 7.92. The minimum atomic E-state index is -4.03. The van der Waals surface area contributed by atoms with Crippen molar-refractivity contribution in [2.75, 3.05) is 11.8 Å². The van der Waals surface area contributed by atoms with Crippen LogP contribution in [0.3, 0.4) is 0 Å². The van der Waals surface area contributed by atoms with Gasteiger partial charge in [-0.2, -0.15) is 0 Å². The molecule has 0 spiro atoms. The van der Waals surface area contributed by atoms with Crippen LogP contribution in [0.4, 0.5) is 10.1 Å². The third-order valence-electron chi connectivity index (χ3n) is 3.13. The van der Waals surface area contributed by atoms with E-state index < -0.39 is 27.4 Å². The number of rotatable bonds is 5. The van der Waals surface area contributed by atoms with Gasteiger partial charge in [0.05, 0.1) is 23.3 Å². The molecule has 0 aromatic heterocycles. The number of benzene rings is 2. The molecule has 0 amide bonds. The van der Waals surface area contributed by atoms with Gasteiger partial charge in [-0.15, -0.1) is 0 Å². The SMILES string of the molecule is COc1ccc(S(=O)(=O)Nc2ccc(F)cc2C(=O)O)c(C)c1. The van der Waals surface area contributed by atoms with Gasteiger partial charge in [0, 0.05) is 0 Å². The smallest absolute Gasteiger partial charge is 0.337 e. The predicted octanol–water partition coefficient (Wildman–Crippen LogP) is 2.64. The molecule has 0 aliphatic rings. The van der Waals surface area contributed by atoms with Gasteiger partial charge in [0.25, 0.3) is 10.0 Å². The van der Waals surface area contributed by atoms with E-state index in [4.69, 9.17) is 9.84 Å². The molecule has 0 radical (unpaired) electrons. The lowest BCUT2D eigenvalue weighted by Gasteiger charge is -2.13. The normalized spacial score (nSPS) is 11.1. The van der Waals surface area contributed by atoms with E-state index in [1.807, 2.05) is 0 Å². The number of nitrogens with one attached hydrogen (secondary N) is 1. The quantitative estimate of drug-likeness (QED) is 0.873. The second kappa shape index (κ2) is 6.25. The molecule has 23 heavy (non-hydrogen) atoms. The molecule has 0 saturated carbocycles. The maximum absolute atomic E-state index is 13.2. The van der Waals surface area contributed by atoms with Gasteiger partial charge in [0.2, 0.25) is 0 Å². The summed E-state index contributed by atoms with van der Waals surface area (Å²) < 4.78 is 45.2. The van der Waals surface area contributed by atoms with Crippen LogP contribution in [-0.4, -0.2) is 26.6 Å². The molecule has 8 heteroatoms. The van der Waals surface area contributed by atoms with Gasteiger partial charge in [-0.1, -0.05) is 0 Å². The van der Waals surface area contributed by atoms with Crippen LogP contribution in [0.25, 0.3) is 0 Å². The number of carbonyl (C=O) groups is 1. The Hall–Kier alpha value is -2.61. The Labute approximate surface area is 132 Å². The summed E-state index contributed by atoms with van der Waals surface area (Å²) in [4.78, 5) is 11.1. The van der Waals surface area contributed by atoms with Crippen LogP contribution in [0, 0.1) is 12.7 Å². The van der Waals surface area contributed by atoms with Crippen LogP contribution in [0.2, 0.25) is 0 Å². The van der Waals surface area contributed by atoms with Crippen molar-refractivity contribution in [1.29, 1.82) is 0 Å². The Morgan fingerprint density at radius 2 is 1.91 bits per heavy atom. The summed E-state index contributed by atoms with van der Waals surface area (Å²) in [5.41, 5.74) is -0.260. The zero-order chi connectivity index (χ0) is 17.2. The van der Waals surface area contributed by atoms with Gasteiger partial charge < -0.3 is 9.84 Å². The van der Waals surface area contributed by atoms with Crippen molar-refractivity contribution < 1.29 is 27.4 Å². The first-order valence-electron chi connectivity index (χ1n) is 6.45. The highest BCUT2D eigenvalue weighted by atomic mass is 32.2. The molecule has 0 atom stereocenters. The average molecular weight is 339 g/mol. The molecule has 0 unspecified atom stereocenters. The van der Waals surface area contributed by atoms with Crippen LogP contribution in [-0.2, 0) is 10.0 Å². The molecule has 6 nitrogen and oxygen atoms in total. The number of aromatic carboxylic acids is 1. The minimum absolute atomic E-state index is 0.0287. The zero-order valence-corrected chi connectivity index (χ0v) is 13.1. The fourth-order valence-corrected chi connectivity index (χ4v) is 3.34. The number of carboxylic acids is 1. The molecule has 122 valence electrons. The van der Waals surface area contributed by atoms with Crippen LogP contribution in [0.5, 0.6) is 5.75 Å². The molecule has 0 bridgehead atoms. The van der Waals surface area contributed by atoms with Gasteiger partial charge in [-0.05, 0) is 48.9 Å². The molecule has 2 N–H and O–H groups in total. The number of hydrogen-bond donors (Lipinski definition) is 2. The largest absolute Gasteiger partial charge is 0.497 e. The minimum Gasteiger partial charge on any atom is -0.497 e. The van der Waals surface area contributed by atoms with Crippen molar-refractivity contribution in [3.63, 3.8) is 0 Å². The summed E-state index contributed by atoms with van der Waals surface area (Å²) in [7, 11) is -2.57. The van der Waals surface area contributed by atoms with Crippen molar-refractivity contribution >= 4 is 21.7 Å². The second-order valence-electron chi connectivity index (χ2n) is 4.73. The van der Waals surface area contributed by atoms with Gasteiger partial charge in [0.1, 0.15) is 11.6 Å². The Balaban J connectivity index is 2.45. The maximum atomic E-state index is 13.2. The van der Waals surface area contributed by atoms with Crippen molar-refractivity contribution in [3.8, 4) is 5.75 Å². The highest BCUT2D eigenvalue weighted by Crippen LogP contribution is 2.25. The molecule has 0 heterocycles. The van der Waals surface area contributed by atoms with E-state index in [1.54, 1.807) is 6.92 Å². The number of aryl methyl sites for hydroxylation is 1. The molecule has 0 aliphatic heterocycles. The number of anilines is 1. The van der Waals surface area contributed by atoms with E-state index in [2.05, 4.69) is 4.72 Å². The summed E-state index contributed by atoms with van der Waals surface area (Å²) in [5, 5.41) is 9.06. The van der Waals surface area contributed by atoms with E-state index in [-0.39, 0.29) is 10.6 Å². The van der Waals surface area contributed by atoms with Gasteiger partial charge >= 0.3 is 5.97 Å². The number of ether oxygens (including phenoxy) is 1. The monoisotopic (exact) mass is 339 g/mol. The molecule has 2 rings (SSSR count). The van der Waals surface area contributed by atoms with E-state index in [9.17, 15) is 17.6 Å². The van der Waals surface area contributed by atoms with E-state index in [0.29, 0.717) is 11.3 Å². The van der Waals surface area contributed by atoms with Crippen LogP contribution >= 0.6 is 0 Å². The Bertz CT molecular complexity index is 864. The maximum Gasteiger partial charge on any atom is 0.337 e. The summed E-state index contributed by atoms with van der Waals surface area (Å²) >= 11 is 0. The van der Waals surface area contributed by atoms with Crippen LogP contribution < -0.4 is 9.46 Å². The van der Waals surface area contributed by atoms with Crippen LogP contribution in [0.1, 0.15) is 15.9 Å². The Kier molecular flexibility index (Phi) is 4.55. The third-order valence-corrected chi connectivity index (χ3v) is 4.65. The second-order valence-corrected chi connectivity index (χ2v) is 6.38. The van der Waals surface area contributed by atoms with Crippen molar-refractivity contribution in [2.45, 2.75) is 11.8 Å². The summed E-state index contributed by atoms with van der Waals surface area (Å²) in [6, 6.07) is 7.16. The van der Waals surface area contributed by atoms with Gasteiger partial charge in [-0.25, -0.2) is 17.6 Å². The first-order chi connectivity index (χ1) is 10.7. The Morgan fingerprint density at radius 1 is 1.22 bits per heavy atom. The zero-order valence-electron chi connectivity index (χ0n) is 12.3. The molecule has 0 fully saturated rings. The highest BCUT2D eigenvalue weighted by Gasteiger charge is 2.21. The predicted molar refractivity (Wildman–Crippen MR) is 81.9 cm³/mol. The van der Waals surface area contributed by atoms with Crippen molar-refractivity contribution in [2.24, 2.45) is 0 Å². The molecule has 2 aromatic carbocycles. The van der Waals surface area contributed by atoms with E-state index >= 15 is 0 Å². The average Bonchev–Trinajstić information content (AvgIpc) is 2.48. The molecule has 2 aromatic rings. The summed E-state index contributed by atoms with van der Waals surface area (Å²) in [5.74, 6) is -1.71. The van der Waals surface area contributed by atoms with Gasteiger partial charge in [-0.3, -0.25) is 4.72 Å². The molecular formula is C15H14FNO5S. The molecule has 0 aliphatic carbocycles. The number of halogens is 1. The fraction of sp³-hybridized carbons (Fsp3) is 0.133. The van der Waals surface area contributed by atoms with Crippen LogP contribution in [0.15, 0.2) is 41.3 Å². The summed E-state index contributed by atoms with van der Waals surface area (Å²) in [6.45, 7) is 1.58. The first-order valence-corrected chi connectivity index (χ1v) is 7.93. The first kappa shape index (κ1) is 16.8. The standard InChI is InChI=1S/C15H14FNO5S/c1-9-7-11(22-2)4-6-14(9)23(20,21)17-13-5-3-10(16)8-12(13)15(18)19/h3-8,17H,1-2H3,(H,18,19). The fourth-order valence-electron chi connectivity index (χ4n) is 2.03. The lowest BCUT2D eigenvalue weighted by atomic mass is 10.2.